The molecule has 2 rings (SSSR count). The summed E-state index contributed by atoms with van der Waals surface area (Å²) in [5, 5.41) is 4.30. The number of aryl methyl sites for hydroxylation is 2. The second kappa shape index (κ2) is 6.22. The van der Waals surface area contributed by atoms with Crippen molar-refractivity contribution in [1.82, 2.24) is 14.9 Å². The van der Waals surface area contributed by atoms with Crippen LogP contribution in [0.4, 0.5) is 0 Å². The van der Waals surface area contributed by atoms with Gasteiger partial charge in [-0.2, -0.15) is 0 Å². The van der Waals surface area contributed by atoms with Gasteiger partial charge in [0.2, 0.25) is 0 Å². The maximum atomic E-state index is 6.31. The van der Waals surface area contributed by atoms with E-state index < -0.39 is 0 Å². The first-order valence-corrected chi connectivity index (χ1v) is 6.94. The zero-order valence-corrected chi connectivity index (χ0v) is 12.4. The van der Waals surface area contributed by atoms with Crippen molar-refractivity contribution in [2.75, 3.05) is 6.54 Å². The Morgan fingerprint density at radius 2 is 2.21 bits per heavy atom. The van der Waals surface area contributed by atoms with E-state index in [1.54, 1.807) is 0 Å². The first kappa shape index (κ1) is 14.1. The number of aromatic nitrogens is 2. The Morgan fingerprint density at radius 3 is 2.79 bits per heavy atom. The van der Waals surface area contributed by atoms with Crippen molar-refractivity contribution in [2.24, 2.45) is 7.05 Å². The monoisotopic (exact) mass is 277 g/mol. The summed E-state index contributed by atoms with van der Waals surface area (Å²) >= 11 is 6.31. The van der Waals surface area contributed by atoms with Gasteiger partial charge in [0.1, 0.15) is 0 Å². The number of imidazole rings is 1. The largest absolute Gasteiger partial charge is 0.340 e. The van der Waals surface area contributed by atoms with Crippen molar-refractivity contribution >= 4 is 11.6 Å². The van der Waals surface area contributed by atoms with Crippen LogP contribution in [0.1, 0.15) is 29.8 Å². The third kappa shape index (κ3) is 3.58. The van der Waals surface area contributed by atoms with Crippen molar-refractivity contribution in [2.45, 2.75) is 26.3 Å². The third-order valence-electron chi connectivity index (χ3n) is 3.16. The molecular formula is C15H20ClN3. The molecule has 0 aliphatic carbocycles. The second-order valence-corrected chi connectivity index (χ2v) is 5.28. The molecule has 0 saturated carbocycles. The van der Waals surface area contributed by atoms with E-state index in [4.69, 9.17) is 11.6 Å². The number of halogens is 1. The van der Waals surface area contributed by atoms with Crippen LogP contribution < -0.4 is 5.32 Å². The topological polar surface area (TPSA) is 29.9 Å². The number of hydrogen-bond donors (Lipinski definition) is 1. The van der Waals surface area contributed by atoms with E-state index in [-0.39, 0.29) is 6.04 Å². The molecule has 1 unspecified atom stereocenters. The second-order valence-electron chi connectivity index (χ2n) is 4.87. The lowest BCUT2D eigenvalue weighted by atomic mass is 10.0. The Hall–Kier alpha value is -1.32. The number of nitrogens with zero attached hydrogens (tertiary/aromatic N) is 2. The Balaban J connectivity index is 2.21. The highest BCUT2D eigenvalue weighted by atomic mass is 35.5. The van der Waals surface area contributed by atoms with E-state index in [0.29, 0.717) is 0 Å². The molecule has 1 aromatic carbocycles. The van der Waals surface area contributed by atoms with E-state index in [2.05, 4.69) is 42.5 Å². The van der Waals surface area contributed by atoms with Gasteiger partial charge in [0.15, 0.2) is 0 Å². The maximum absolute atomic E-state index is 6.31. The quantitative estimate of drug-likeness (QED) is 0.909. The van der Waals surface area contributed by atoms with Crippen LogP contribution in [-0.2, 0) is 13.5 Å². The van der Waals surface area contributed by atoms with Crippen LogP contribution in [0.2, 0.25) is 5.02 Å². The molecule has 2 aromatic rings. The molecule has 0 aliphatic heterocycles. The molecule has 0 amide bonds. The summed E-state index contributed by atoms with van der Waals surface area (Å²) in [6, 6.07) is 6.41. The Kier molecular flexibility index (Phi) is 4.61. The summed E-state index contributed by atoms with van der Waals surface area (Å²) in [5.41, 5.74) is 3.40. The van der Waals surface area contributed by atoms with Crippen molar-refractivity contribution in [3.63, 3.8) is 0 Å². The van der Waals surface area contributed by atoms with Crippen LogP contribution in [0.15, 0.2) is 30.7 Å². The normalized spacial score (nSPS) is 12.6. The maximum Gasteiger partial charge on any atom is 0.0947 e. The molecule has 0 bridgehead atoms. The number of benzene rings is 1. The van der Waals surface area contributed by atoms with E-state index in [1.165, 1.54) is 5.56 Å². The summed E-state index contributed by atoms with van der Waals surface area (Å²) in [6.07, 6.45) is 4.73. The molecule has 1 atom stereocenters. The van der Waals surface area contributed by atoms with E-state index in [1.807, 2.05) is 24.0 Å². The number of rotatable bonds is 5. The molecule has 1 N–H and O–H groups in total. The SMILES string of the molecule is CCNC(Cc1ccc(C)cc1Cl)c1cn(C)cn1. The summed E-state index contributed by atoms with van der Waals surface area (Å²) in [6.45, 7) is 5.06. The van der Waals surface area contributed by atoms with Gasteiger partial charge in [0.25, 0.3) is 0 Å². The number of nitrogens with one attached hydrogen (secondary N) is 1. The van der Waals surface area contributed by atoms with Gasteiger partial charge in [-0.1, -0.05) is 30.7 Å². The van der Waals surface area contributed by atoms with Crippen LogP contribution in [-0.4, -0.2) is 16.1 Å². The van der Waals surface area contributed by atoms with Crippen LogP contribution >= 0.6 is 11.6 Å². The zero-order chi connectivity index (χ0) is 13.8. The van der Waals surface area contributed by atoms with Crippen molar-refractivity contribution in [3.05, 3.63) is 52.6 Å². The van der Waals surface area contributed by atoms with Crippen LogP contribution in [0.25, 0.3) is 0 Å². The molecule has 0 radical (unpaired) electrons. The Labute approximate surface area is 119 Å². The molecule has 102 valence electrons. The van der Waals surface area contributed by atoms with Gasteiger partial charge in [-0.25, -0.2) is 4.98 Å². The molecule has 0 spiro atoms. The summed E-state index contributed by atoms with van der Waals surface area (Å²) < 4.78 is 1.97. The lowest BCUT2D eigenvalue weighted by molar-refractivity contribution is 0.538. The highest BCUT2D eigenvalue weighted by molar-refractivity contribution is 6.31. The lowest BCUT2D eigenvalue weighted by Crippen LogP contribution is -2.23. The first-order valence-electron chi connectivity index (χ1n) is 6.56. The van der Waals surface area contributed by atoms with Crippen LogP contribution in [0.3, 0.4) is 0 Å². The first-order chi connectivity index (χ1) is 9.10. The highest BCUT2D eigenvalue weighted by Crippen LogP contribution is 2.23. The molecule has 0 aliphatic rings. The predicted octanol–water partition coefficient (Wildman–Crippen LogP) is 3.28. The molecular weight excluding hydrogens is 258 g/mol. The minimum Gasteiger partial charge on any atom is -0.340 e. The van der Waals surface area contributed by atoms with Gasteiger partial charge in [-0.05, 0) is 37.1 Å². The van der Waals surface area contributed by atoms with E-state index >= 15 is 0 Å². The third-order valence-corrected chi connectivity index (χ3v) is 3.52. The van der Waals surface area contributed by atoms with E-state index in [0.717, 1.165) is 29.2 Å². The zero-order valence-electron chi connectivity index (χ0n) is 11.7. The summed E-state index contributed by atoms with van der Waals surface area (Å²) in [4.78, 5) is 4.44. The molecule has 3 nitrogen and oxygen atoms in total. The smallest absolute Gasteiger partial charge is 0.0947 e. The van der Waals surface area contributed by atoms with Crippen molar-refractivity contribution in [3.8, 4) is 0 Å². The number of hydrogen-bond acceptors (Lipinski definition) is 2. The van der Waals surface area contributed by atoms with Gasteiger partial charge < -0.3 is 9.88 Å². The fraction of sp³-hybridized carbons (Fsp3) is 0.400. The van der Waals surface area contributed by atoms with E-state index in [9.17, 15) is 0 Å². The summed E-state index contributed by atoms with van der Waals surface area (Å²) in [7, 11) is 1.98. The van der Waals surface area contributed by atoms with Gasteiger partial charge in [-0.3, -0.25) is 0 Å². The van der Waals surface area contributed by atoms with Crippen molar-refractivity contribution in [1.29, 1.82) is 0 Å². The minimum absolute atomic E-state index is 0.200. The van der Waals surface area contributed by atoms with Gasteiger partial charge >= 0.3 is 0 Å². The molecule has 19 heavy (non-hydrogen) atoms. The Morgan fingerprint density at radius 1 is 1.42 bits per heavy atom. The number of likely N-dealkylation sites (N-methyl/N-ethyl adjacent to an activating group) is 1. The van der Waals surface area contributed by atoms with Crippen LogP contribution in [0.5, 0.6) is 0 Å². The molecule has 4 heteroatoms. The minimum atomic E-state index is 0.200. The highest BCUT2D eigenvalue weighted by Gasteiger charge is 2.15. The van der Waals surface area contributed by atoms with Crippen molar-refractivity contribution < 1.29 is 0 Å². The molecule has 1 aromatic heterocycles. The Bertz CT molecular complexity index is 548. The fourth-order valence-corrected chi connectivity index (χ4v) is 2.49. The average Bonchev–Trinajstić information content (AvgIpc) is 2.78. The lowest BCUT2D eigenvalue weighted by Gasteiger charge is -2.17. The fourth-order valence-electron chi connectivity index (χ4n) is 2.18. The standard InChI is InChI=1S/C15H20ClN3/c1-4-17-14(15-9-19(3)10-18-15)8-12-6-5-11(2)7-13(12)16/h5-7,9-10,14,17H,4,8H2,1-3H3. The van der Waals surface area contributed by atoms with Gasteiger partial charge in [0, 0.05) is 18.3 Å². The summed E-state index contributed by atoms with van der Waals surface area (Å²) in [5.74, 6) is 0. The average molecular weight is 278 g/mol. The predicted molar refractivity (Wildman–Crippen MR) is 79.5 cm³/mol. The molecule has 0 fully saturated rings. The van der Waals surface area contributed by atoms with Gasteiger partial charge in [0.05, 0.1) is 18.1 Å². The molecule has 1 heterocycles. The van der Waals surface area contributed by atoms with Gasteiger partial charge in [-0.15, -0.1) is 0 Å². The van der Waals surface area contributed by atoms with Crippen LogP contribution in [0, 0.1) is 6.92 Å². The molecule has 0 saturated heterocycles.